The van der Waals surface area contributed by atoms with Crippen LogP contribution in [0.4, 0.5) is 4.39 Å². The lowest BCUT2D eigenvalue weighted by Crippen LogP contribution is -2.14. The Labute approximate surface area is 99.5 Å². The molecule has 0 saturated carbocycles. The van der Waals surface area contributed by atoms with Crippen molar-refractivity contribution in [2.75, 3.05) is 0 Å². The predicted molar refractivity (Wildman–Crippen MR) is 63.9 cm³/mol. The second kappa shape index (κ2) is 4.59. The van der Waals surface area contributed by atoms with E-state index in [1.54, 1.807) is 12.1 Å². The van der Waals surface area contributed by atoms with Gasteiger partial charge in [-0.25, -0.2) is 4.39 Å². The van der Waals surface area contributed by atoms with Gasteiger partial charge in [0.15, 0.2) is 0 Å². The number of halogens is 1. The molecule has 0 spiro atoms. The number of hydrogen-bond donors (Lipinski definition) is 1. The molecule has 0 aliphatic heterocycles. The summed E-state index contributed by atoms with van der Waals surface area (Å²) in [5.74, 6) is -0.262. The van der Waals surface area contributed by atoms with Crippen LogP contribution in [-0.4, -0.2) is 10.2 Å². The van der Waals surface area contributed by atoms with E-state index in [1.165, 1.54) is 12.1 Å². The molecule has 0 aliphatic carbocycles. The first-order valence-electron chi connectivity index (χ1n) is 5.40. The molecule has 1 aromatic carbocycles. The summed E-state index contributed by atoms with van der Waals surface area (Å²) in [6.45, 7) is 3.73. The van der Waals surface area contributed by atoms with Gasteiger partial charge in [-0.3, -0.25) is 0 Å². The smallest absolute Gasteiger partial charge is 0.123 e. The van der Waals surface area contributed by atoms with E-state index in [-0.39, 0.29) is 11.9 Å². The Morgan fingerprint density at radius 2 is 1.76 bits per heavy atom. The van der Waals surface area contributed by atoms with Crippen molar-refractivity contribution in [3.05, 3.63) is 58.7 Å². The first-order chi connectivity index (χ1) is 8.08. The van der Waals surface area contributed by atoms with Crippen molar-refractivity contribution in [1.29, 1.82) is 0 Å². The Hall–Kier alpha value is -1.81. The zero-order valence-electron chi connectivity index (χ0n) is 9.81. The summed E-state index contributed by atoms with van der Waals surface area (Å²) in [5.41, 5.74) is 9.55. The molecule has 17 heavy (non-hydrogen) atoms. The van der Waals surface area contributed by atoms with Crippen LogP contribution in [0.3, 0.4) is 0 Å². The summed E-state index contributed by atoms with van der Waals surface area (Å²) in [4.78, 5) is 0. The first kappa shape index (κ1) is 11.7. The van der Waals surface area contributed by atoms with E-state index in [0.717, 1.165) is 22.5 Å². The maximum atomic E-state index is 12.8. The van der Waals surface area contributed by atoms with E-state index >= 15 is 0 Å². The maximum Gasteiger partial charge on any atom is 0.123 e. The van der Waals surface area contributed by atoms with Crippen LogP contribution >= 0.6 is 0 Å². The highest BCUT2D eigenvalue weighted by molar-refractivity contribution is 5.33. The molecule has 0 radical (unpaired) electrons. The number of aryl methyl sites for hydroxylation is 2. The first-order valence-corrected chi connectivity index (χ1v) is 5.40. The topological polar surface area (TPSA) is 51.8 Å². The summed E-state index contributed by atoms with van der Waals surface area (Å²) in [5, 5.41) is 8.00. The number of aromatic nitrogens is 2. The molecular weight excluding hydrogens is 217 g/mol. The third-order valence-electron chi connectivity index (χ3n) is 2.70. The summed E-state index contributed by atoms with van der Waals surface area (Å²) in [6, 6.07) is 7.81. The van der Waals surface area contributed by atoms with E-state index in [9.17, 15) is 4.39 Å². The van der Waals surface area contributed by atoms with Gasteiger partial charge in [0.1, 0.15) is 5.82 Å². The fraction of sp³-hybridized carbons (Fsp3) is 0.231. The molecule has 0 aliphatic rings. The number of rotatable bonds is 2. The Balaban J connectivity index is 2.39. The Morgan fingerprint density at radius 1 is 1.12 bits per heavy atom. The molecule has 2 aromatic rings. The highest BCUT2D eigenvalue weighted by Crippen LogP contribution is 2.21. The van der Waals surface area contributed by atoms with Crippen LogP contribution in [0.15, 0.2) is 30.3 Å². The van der Waals surface area contributed by atoms with Gasteiger partial charge in [0.2, 0.25) is 0 Å². The fourth-order valence-electron chi connectivity index (χ4n) is 1.73. The Kier molecular flexibility index (Phi) is 3.15. The second-order valence-electron chi connectivity index (χ2n) is 4.06. The zero-order chi connectivity index (χ0) is 12.4. The van der Waals surface area contributed by atoms with Gasteiger partial charge in [-0.1, -0.05) is 12.1 Å². The minimum atomic E-state index is -0.301. The van der Waals surface area contributed by atoms with E-state index in [0.29, 0.717) is 0 Å². The summed E-state index contributed by atoms with van der Waals surface area (Å²) in [7, 11) is 0. The minimum Gasteiger partial charge on any atom is -0.320 e. The largest absolute Gasteiger partial charge is 0.320 e. The molecule has 1 atom stereocenters. The molecule has 0 bridgehead atoms. The van der Waals surface area contributed by atoms with Crippen LogP contribution in [0.1, 0.15) is 28.6 Å². The summed E-state index contributed by atoms with van der Waals surface area (Å²) < 4.78 is 12.8. The second-order valence-corrected chi connectivity index (χ2v) is 4.06. The fourth-order valence-corrected chi connectivity index (χ4v) is 1.73. The average Bonchev–Trinajstić information content (AvgIpc) is 2.32. The zero-order valence-corrected chi connectivity index (χ0v) is 9.81. The summed E-state index contributed by atoms with van der Waals surface area (Å²) >= 11 is 0. The summed E-state index contributed by atoms with van der Waals surface area (Å²) in [6.07, 6.45) is 0. The van der Waals surface area contributed by atoms with Crippen molar-refractivity contribution in [2.24, 2.45) is 5.73 Å². The van der Waals surface area contributed by atoms with Crippen molar-refractivity contribution in [1.82, 2.24) is 10.2 Å². The predicted octanol–water partition coefficient (Wildman–Crippen LogP) is 2.28. The van der Waals surface area contributed by atoms with E-state index < -0.39 is 0 Å². The van der Waals surface area contributed by atoms with Gasteiger partial charge in [0.05, 0.1) is 17.4 Å². The van der Waals surface area contributed by atoms with Gasteiger partial charge >= 0.3 is 0 Å². The molecule has 0 amide bonds. The molecule has 1 aromatic heterocycles. The quantitative estimate of drug-likeness (QED) is 0.862. The third kappa shape index (κ3) is 2.47. The monoisotopic (exact) mass is 231 g/mol. The molecule has 1 unspecified atom stereocenters. The molecule has 88 valence electrons. The maximum absolute atomic E-state index is 12.8. The number of nitrogens with zero attached hydrogens (tertiary/aromatic N) is 2. The van der Waals surface area contributed by atoms with Crippen LogP contribution in [-0.2, 0) is 0 Å². The SMILES string of the molecule is Cc1cc(C(N)c2ccc(F)cc2)c(C)nn1. The molecule has 4 heteroatoms. The number of benzene rings is 1. The lowest BCUT2D eigenvalue weighted by molar-refractivity contribution is 0.626. The van der Waals surface area contributed by atoms with Gasteiger partial charge in [0.25, 0.3) is 0 Å². The standard InChI is InChI=1S/C13H14FN3/c1-8-7-12(9(2)17-16-8)13(15)10-3-5-11(14)6-4-10/h3-7,13H,15H2,1-2H3. The van der Waals surface area contributed by atoms with E-state index in [1.807, 2.05) is 19.9 Å². The molecule has 0 fully saturated rings. The molecule has 0 saturated heterocycles. The normalized spacial score (nSPS) is 12.5. The minimum absolute atomic E-state index is 0.262. The Bertz CT molecular complexity index is 523. The van der Waals surface area contributed by atoms with Crippen LogP contribution in [0.25, 0.3) is 0 Å². The van der Waals surface area contributed by atoms with Gasteiger partial charge in [-0.05, 0) is 43.2 Å². The lowest BCUT2D eigenvalue weighted by Gasteiger charge is -2.14. The number of hydrogen-bond acceptors (Lipinski definition) is 3. The van der Waals surface area contributed by atoms with Crippen molar-refractivity contribution in [3.63, 3.8) is 0 Å². The molecular formula is C13H14FN3. The molecule has 3 nitrogen and oxygen atoms in total. The highest BCUT2D eigenvalue weighted by atomic mass is 19.1. The van der Waals surface area contributed by atoms with Crippen LogP contribution in [0.2, 0.25) is 0 Å². The highest BCUT2D eigenvalue weighted by Gasteiger charge is 2.13. The van der Waals surface area contributed by atoms with Crippen molar-refractivity contribution >= 4 is 0 Å². The van der Waals surface area contributed by atoms with Crippen LogP contribution < -0.4 is 5.73 Å². The van der Waals surface area contributed by atoms with E-state index in [4.69, 9.17) is 5.73 Å². The van der Waals surface area contributed by atoms with Crippen molar-refractivity contribution < 1.29 is 4.39 Å². The van der Waals surface area contributed by atoms with Crippen LogP contribution in [0.5, 0.6) is 0 Å². The lowest BCUT2D eigenvalue weighted by atomic mass is 9.98. The molecule has 1 heterocycles. The van der Waals surface area contributed by atoms with Gasteiger partial charge < -0.3 is 5.73 Å². The molecule has 2 rings (SSSR count). The average molecular weight is 231 g/mol. The number of nitrogens with two attached hydrogens (primary N) is 1. The van der Waals surface area contributed by atoms with Crippen molar-refractivity contribution in [2.45, 2.75) is 19.9 Å². The van der Waals surface area contributed by atoms with Gasteiger partial charge in [-0.15, -0.1) is 0 Å². The Morgan fingerprint density at radius 3 is 2.41 bits per heavy atom. The van der Waals surface area contributed by atoms with Crippen molar-refractivity contribution in [3.8, 4) is 0 Å². The van der Waals surface area contributed by atoms with Gasteiger partial charge in [0, 0.05) is 0 Å². The van der Waals surface area contributed by atoms with Gasteiger partial charge in [-0.2, -0.15) is 10.2 Å². The van der Waals surface area contributed by atoms with Crippen LogP contribution in [0, 0.1) is 19.7 Å². The van der Waals surface area contributed by atoms with E-state index in [2.05, 4.69) is 10.2 Å². The third-order valence-corrected chi connectivity index (χ3v) is 2.70. The molecule has 2 N–H and O–H groups in total.